The molecule has 1 rings (SSSR count). The second kappa shape index (κ2) is 27.5. The molecule has 12 heteroatoms. The maximum absolute atomic E-state index is 12.4. The number of carbonyl (C=O) groups excluding carboxylic acids is 4. The van der Waals surface area contributed by atoms with Gasteiger partial charge in [0.05, 0.1) is 26.1 Å². The Kier molecular flexibility index (Phi) is 24.8. The fourth-order valence-corrected chi connectivity index (χ4v) is 5.20. The molecule has 2 unspecified atom stereocenters. The van der Waals surface area contributed by atoms with Crippen molar-refractivity contribution in [1.29, 1.82) is 0 Å². The smallest absolute Gasteiger partial charge is 0.407 e. The summed E-state index contributed by atoms with van der Waals surface area (Å²) in [5.41, 5.74) is 0. The summed E-state index contributed by atoms with van der Waals surface area (Å²) in [5.74, 6) is -0.529. The van der Waals surface area contributed by atoms with Gasteiger partial charge < -0.3 is 39.4 Å². The molecule has 0 aromatic rings. The van der Waals surface area contributed by atoms with Crippen molar-refractivity contribution >= 4 is 24.1 Å². The van der Waals surface area contributed by atoms with Crippen LogP contribution in [-0.4, -0.2) is 112 Å². The molecule has 2 amide bonds. The predicted octanol–water partition coefficient (Wildman–Crippen LogP) is 5.42. The van der Waals surface area contributed by atoms with Crippen molar-refractivity contribution in [2.24, 2.45) is 0 Å². The van der Waals surface area contributed by atoms with E-state index < -0.39 is 12.2 Å². The zero-order valence-corrected chi connectivity index (χ0v) is 29.3. The molecule has 0 spiro atoms. The van der Waals surface area contributed by atoms with Crippen LogP contribution in [0.25, 0.3) is 0 Å². The number of ether oxygens (including phenoxy) is 4. The lowest BCUT2D eigenvalue weighted by molar-refractivity contribution is -0.144. The van der Waals surface area contributed by atoms with Gasteiger partial charge in [-0.1, -0.05) is 40.5 Å². The number of nitrogens with zero attached hydrogens (tertiary/aromatic N) is 2. The first kappa shape index (κ1) is 41.4. The Morgan fingerprint density at radius 1 is 0.674 bits per heavy atom. The largest absolute Gasteiger partial charge is 0.466 e. The lowest BCUT2D eigenvalue weighted by atomic mass is 10.2. The Labute approximate surface area is 277 Å². The van der Waals surface area contributed by atoms with Crippen molar-refractivity contribution in [3.63, 3.8) is 0 Å². The van der Waals surface area contributed by atoms with E-state index in [1.54, 1.807) is 0 Å². The molecule has 2 atom stereocenters. The molecular weight excluding hydrogens is 592 g/mol. The fourth-order valence-electron chi connectivity index (χ4n) is 5.20. The van der Waals surface area contributed by atoms with Crippen LogP contribution in [0.15, 0.2) is 0 Å². The van der Waals surface area contributed by atoms with Crippen molar-refractivity contribution in [3.05, 3.63) is 0 Å². The van der Waals surface area contributed by atoms with Gasteiger partial charge in [0.1, 0.15) is 12.2 Å². The normalized spacial score (nSPS) is 14.5. The van der Waals surface area contributed by atoms with Crippen LogP contribution < -0.4 is 10.6 Å². The quantitative estimate of drug-likeness (QED) is 0.0670. The SMILES string of the molecule is CCCC(CC)OC(=O)NCCCCOC(=O)CCN(CCC(=O)OCCCCNC(=O)OC(CC)CCC)CCN1CCCC1. The maximum atomic E-state index is 12.4. The average molecular weight is 657 g/mol. The number of nitrogens with one attached hydrogen (secondary N) is 2. The maximum Gasteiger partial charge on any atom is 0.407 e. The van der Waals surface area contributed by atoms with Gasteiger partial charge in [0.15, 0.2) is 0 Å². The zero-order valence-electron chi connectivity index (χ0n) is 29.3. The molecule has 1 fully saturated rings. The van der Waals surface area contributed by atoms with E-state index in [2.05, 4.69) is 34.3 Å². The van der Waals surface area contributed by atoms with Crippen LogP contribution in [-0.2, 0) is 28.5 Å². The molecule has 0 aliphatic carbocycles. The van der Waals surface area contributed by atoms with Gasteiger partial charge in [-0.3, -0.25) is 9.59 Å². The minimum Gasteiger partial charge on any atom is -0.466 e. The number of amides is 2. The predicted molar refractivity (Wildman–Crippen MR) is 179 cm³/mol. The van der Waals surface area contributed by atoms with Gasteiger partial charge in [0.25, 0.3) is 0 Å². The summed E-state index contributed by atoms with van der Waals surface area (Å²) in [7, 11) is 0. The second-order valence-corrected chi connectivity index (χ2v) is 12.0. The van der Waals surface area contributed by atoms with Gasteiger partial charge in [0, 0.05) is 39.3 Å². The Hall–Kier alpha value is -2.60. The van der Waals surface area contributed by atoms with Crippen LogP contribution in [0.3, 0.4) is 0 Å². The molecule has 46 heavy (non-hydrogen) atoms. The Bertz CT molecular complexity index is 769. The molecule has 12 nitrogen and oxygen atoms in total. The van der Waals surface area contributed by atoms with Gasteiger partial charge in [-0.15, -0.1) is 0 Å². The van der Waals surface area contributed by atoms with Crippen molar-refractivity contribution in [2.75, 3.05) is 65.6 Å². The molecule has 0 bridgehead atoms. The van der Waals surface area contributed by atoms with Gasteiger partial charge in [0.2, 0.25) is 0 Å². The van der Waals surface area contributed by atoms with Crippen LogP contribution in [0.4, 0.5) is 9.59 Å². The number of rotatable bonds is 27. The van der Waals surface area contributed by atoms with Crippen molar-refractivity contribution in [3.8, 4) is 0 Å². The van der Waals surface area contributed by atoms with Crippen molar-refractivity contribution < 1.29 is 38.1 Å². The number of unbranched alkanes of at least 4 members (excludes halogenated alkanes) is 2. The number of esters is 2. The highest BCUT2D eigenvalue weighted by Gasteiger charge is 2.17. The fraction of sp³-hybridized carbons (Fsp3) is 0.882. The third-order valence-electron chi connectivity index (χ3n) is 8.08. The van der Waals surface area contributed by atoms with E-state index in [0.29, 0.717) is 65.1 Å². The standard InChI is InChI=1S/C34H64N4O8/c1-5-15-29(7-3)45-33(41)35-19-9-13-27-43-31(39)17-23-38(26-25-37-21-11-12-22-37)24-18-32(40)44-28-14-10-20-36-34(42)46-30(8-4)16-6-2/h29-30H,5-28H2,1-4H3,(H,35,41)(H,36,42). The molecule has 0 saturated carbocycles. The third-order valence-corrected chi connectivity index (χ3v) is 8.08. The minimum atomic E-state index is -0.394. The molecule has 268 valence electrons. The molecule has 0 aromatic carbocycles. The lowest BCUT2D eigenvalue weighted by Crippen LogP contribution is -2.36. The molecule has 1 aliphatic heterocycles. The number of hydrogen-bond donors (Lipinski definition) is 2. The van der Waals surface area contributed by atoms with E-state index in [1.165, 1.54) is 12.8 Å². The Morgan fingerprint density at radius 3 is 1.54 bits per heavy atom. The van der Waals surface area contributed by atoms with Gasteiger partial charge in [-0.2, -0.15) is 0 Å². The number of hydrogen-bond acceptors (Lipinski definition) is 10. The van der Waals surface area contributed by atoms with E-state index in [4.69, 9.17) is 18.9 Å². The summed E-state index contributed by atoms with van der Waals surface area (Å²) in [6.45, 7) is 14.6. The summed E-state index contributed by atoms with van der Waals surface area (Å²) >= 11 is 0. The van der Waals surface area contributed by atoms with Gasteiger partial charge >= 0.3 is 24.1 Å². The topological polar surface area (TPSA) is 136 Å². The van der Waals surface area contributed by atoms with Gasteiger partial charge in [-0.05, 0) is 77.3 Å². The Balaban J connectivity index is 2.24. The summed E-state index contributed by atoms with van der Waals surface area (Å²) < 4.78 is 21.6. The zero-order chi connectivity index (χ0) is 33.8. The van der Waals surface area contributed by atoms with E-state index in [1.807, 2.05) is 13.8 Å². The highest BCUT2D eigenvalue weighted by molar-refractivity contribution is 5.70. The first-order valence-electron chi connectivity index (χ1n) is 18.0. The number of likely N-dealkylation sites (tertiary alicyclic amines) is 1. The molecule has 1 heterocycles. The van der Waals surface area contributed by atoms with Crippen molar-refractivity contribution in [2.45, 2.75) is 130 Å². The van der Waals surface area contributed by atoms with E-state index in [9.17, 15) is 19.2 Å². The highest BCUT2D eigenvalue weighted by Crippen LogP contribution is 2.09. The first-order valence-corrected chi connectivity index (χ1v) is 18.0. The summed E-state index contributed by atoms with van der Waals surface area (Å²) in [5, 5.41) is 5.52. The highest BCUT2D eigenvalue weighted by atomic mass is 16.6. The summed E-state index contributed by atoms with van der Waals surface area (Å²) in [4.78, 5) is 53.1. The molecule has 1 saturated heterocycles. The number of alkyl carbamates (subject to hydrolysis) is 2. The van der Waals surface area contributed by atoms with Crippen LogP contribution in [0.5, 0.6) is 0 Å². The van der Waals surface area contributed by atoms with Crippen LogP contribution >= 0.6 is 0 Å². The van der Waals surface area contributed by atoms with Crippen LogP contribution in [0.2, 0.25) is 0 Å². The average Bonchev–Trinajstić information content (AvgIpc) is 3.57. The molecule has 0 radical (unpaired) electrons. The first-order chi connectivity index (χ1) is 22.3. The summed E-state index contributed by atoms with van der Waals surface area (Å²) in [6.07, 6.45) is 10.0. The van der Waals surface area contributed by atoms with E-state index in [-0.39, 0.29) is 37.0 Å². The molecular formula is C34H64N4O8. The van der Waals surface area contributed by atoms with Crippen LogP contribution in [0.1, 0.15) is 118 Å². The van der Waals surface area contributed by atoms with E-state index >= 15 is 0 Å². The molecule has 1 aliphatic rings. The van der Waals surface area contributed by atoms with Crippen LogP contribution in [0, 0.1) is 0 Å². The Morgan fingerprint density at radius 2 is 1.13 bits per heavy atom. The van der Waals surface area contributed by atoms with E-state index in [0.717, 1.165) is 64.7 Å². The monoisotopic (exact) mass is 656 g/mol. The van der Waals surface area contributed by atoms with Gasteiger partial charge in [-0.25, -0.2) is 9.59 Å². The third kappa shape index (κ3) is 22.0. The lowest BCUT2D eigenvalue weighted by Gasteiger charge is -2.24. The minimum absolute atomic E-state index is 0.0480. The number of carbonyl (C=O) groups is 4. The van der Waals surface area contributed by atoms with Crippen molar-refractivity contribution in [1.82, 2.24) is 20.4 Å². The molecule has 2 N–H and O–H groups in total. The molecule has 0 aromatic heterocycles. The second-order valence-electron chi connectivity index (χ2n) is 12.0. The summed E-state index contributed by atoms with van der Waals surface area (Å²) in [6, 6.07) is 0.